The van der Waals surface area contributed by atoms with Crippen LogP contribution in [0.4, 0.5) is 0 Å². The highest BCUT2D eigenvalue weighted by atomic mass is 32.2. The van der Waals surface area contributed by atoms with Crippen molar-refractivity contribution in [1.82, 2.24) is 0 Å². The maximum absolute atomic E-state index is 12.1. The monoisotopic (exact) mass is 258 g/mol. The lowest BCUT2D eigenvalue weighted by atomic mass is 9.73. The van der Waals surface area contributed by atoms with Gasteiger partial charge < -0.3 is 5.11 Å². The molecule has 0 radical (unpaired) electrons. The molecule has 2 saturated heterocycles. The van der Waals surface area contributed by atoms with Crippen LogP contribution in [0.3, 0.4) is 0 Å². The molecule has 2 atom stereocenters. The average molecular weight is 258 g/mol. The number of rotatable bonds is 2. The number of hydrogen-bond donors (Lipinski definition) is 1. The van der Waals surface area contributed by atoms with E-state index in [-0.39, 0.29) is 10.5 Å². The Bertz CT molecular complexity index is 377. The molecule has 1 saturated carbocycles. The van der Waals surface area contributed by atoms with E-state index in [9.17, 15) is 13.5 Å². The van der Waals surface area contributed by atoms with Crippen molar-refractivity contribution in [2.75, 3.05) is 0 Å². The van der Waals surface area contributed by atoms with Crippen LogP contribution in [0.25, 0.3) is 0 Å². The van der Waals surface area contributed by atoms with Crippen molar-refractivity contribution in [1.29, 1.82) is 0 Å². The Morgan fingerprint density at radius 1 is 1.00 bits per heavy atom. The molecule has 98 valence electrons. The second-order valence-corrected chi connectivity index (χ2v) is 8.91. The predicted octanol–water partition coefficient (Wildman–Crippen LogP) is 2.04. The number of fused-ring (bicyclic) bond motifs is 2. The lowest BCUT2D eigenvalue weighted by molar-refractivity contribution is -0.0223. The molecule has 0 aromatic rings. The average Bonchev–Trinajstić information content (AvgIpc) is 2.15. The van der Waals surface area contributed by atoms with Gasteiger partial charge in [0.1, 0.15) is 0 Å². The van der Waals surface area contributed by atoms with Gasteiger partial charge in [0.15, 0.2) is 9.84 Å². The summed E-state index contributed by atoms with van der Waals surface area (Å²) in [5.74, 6) is 0.654. The van der Waals surface area contributed by atoms with E-state index in [1.165, 1.54) is 19.3 Å². The van der Waals surface area contributed by atoms with Gasteiger partial charge in [-0.3, -0.25) is 0 Å². The predicted molar refractivity (Wildman–Crippen MR) is 66.5 cm³/mol. The Morgan fingerprint density at radius 2 is 1.53 bits per heavy atom. The molecule has 4 heteroatoms. The Balaban J connectivity index is 1.77. The molecule has 1 N–H and O–H groups in total. The van der Waals surface area contributed by atoms with E-state index in [1.807, 2.05) is 0 Å². The summed E-state index contributed by atoms with van der Waals surface area (Å²) in [7, 11) is -2.92. The molecule has 1 aliphatic carbocycles. The first-order valence-electron chi connectivity index (χ1n) is 6.95. The highest BCUT2D eigenvalue weighted by Crippen LogP contribution is 2.46. The third kappa shape index (κ3) is 2.03. The summed E-state index contributed by atoms with van der Waals surface area (Å²) in [5, 5.41) is 10.2. The first-order chi connectivity index (χ1) is 8.00. The van der Waals surface area contributed by atoms with Gasteiger partial charge in [-0.25, -0.2) is 8.42 Å². The molecule has 0 amide bonds. The highest BCUT2D eigenvalue weighted by Gasteiger charge is 2.50. The lowest BCUT2D eigenvalue weighted by Gasteiger charge is -2.46. The largest absolute Gasteiger partial charge is 0.390 e. The van der Waals surface area contributed by atoms with Crippen molar-refractivity contribution in [3.8, 4) is 0 Å². The fourth-order valence-corrected chi connectivity index (χ4v) is 6.56. The molecular formula is C13H22O3S. The van der Waals surface area contributed by atoms with Gasteiger partial charge in [-0.15, -0.1) is 0 Å². The zero-order valence-corrected chi connectivity index (χ0v) is 11.1. The summed E-state index contributed by atoms with van der Waals surface area (Å²) in [6.07, 6.45) is 8.15. The van der Waals surface area contributed by atoms with Gasteiger partial charge in [0.05, 0.1) is 16.1 Å². The third-order valence-electron chi connectivity index (χ3n) is 5.09. The summed E-state index contributed by atoms with van der Waals surface area (Å²) in [4.78, 5) is 0. The normalized spacial score (nSPS) is 45.2. The van der Waals surface area contributed by atoms with Crippen LogP contribution in [0.15, 0.2) is 0 Å². The molecule has 0 aromatic carbocycles. The first-order valence-corrected chi connectivity index (χ1v) is 8.56. The van der Waals surface area contributed by atoms with E-state index in [0.29, 0.717) is 18.8 Å². The molecule has 3 rings (SSSR count). The minimum Gasteiger partial charge on any atom is -0.390 e. The van der Waals surface area contributed by atoms with Gasteiger partial charge in [0, 0.05) is 0 Å². The van der Waals surface area contributed by atoms with Crippen molar-refractivity contribution in [2.24, 2.45) is 5.92 Å². The highest BCUT2D eigenvalue weighted by molar-refractivity contribution is 7.92. The summed E-state index contributed by atoms with van der Waals surface area (Å²) in [6.45, 7) is 0. The van der Waals surface area contributed by atoms with E-state index in [4.69, 9.17) is 0 Å². The summed E-state index contributed by atoms with van der Waals surface area (Å²) < 4.78 is 24.3. The Kier molecular flexibility index (Phi) is 2.78. The molecule has 2 bridgehead atoms. The maximum atomic E-state index is 12.1. The van der Waals surface area contributed by atoms with Crippen LogP contribution in [-0.4, -0.2) is 29.6 Å². The molecule has 2 unspecified atom stereocenters. The van der Waals surface area contributed by atoms with Gasteiger partial charge in [-0.1, -0.05) is 25.7 Å². The zero-order chi connectivity index (χ0) is 12.1. The van der Waals surface area contributed by atoms with E-state index in [2.05, 4.69) is 0 Å². The van der Waals surface area contributed by atoms with Crippen molar-refractivity contribution < 1.29 is 13.5 Å². The second kappa shape index (κ2) is 3.95. The number of sulfone groups is 1. The van der Waals surface area contributed by atoms with Crippen molar-refractivity contribution in [3.63, 3.8) is 0 Å². The first kappa shape index (κ1) is 12.0. The Morgan fingerprint density at radius 3 is 2.00 bits per heavy atom. The standard InChI is InChI=1S/C13H22O3S/c14-13(7-10-3-1-4-10)8-11-5-2-6-12(9-13)17(11,15)16/h10-12,14H,1-9H2. The van der Waals surface area contributed by atoms with E-state index < -0.39 is 15.4 Å². The molecule has 3 nitrogen and oxygen atoms in total. The number of hydrogen-bond acceptors (Lipinski definition) is 3. The molecule has 0 aromatic heterocycles. The van der Waals surface area contributed by atoms with Gasteiger partial charge in [-0.05, 0) is 38.0 Å². The molecule has 17 heavy (non-hydrogen) atoms. The van der Waals surface area contributed by atoms with Gasteiger partial charge in [0.25, 0.3) is 0 Å². The Labute approximate surface area is 104 Å². The minimum atomic E-state index is -2.92. The molecule has 0 spiro atoms. The van der Waals surface area contributed by atoms with Crippen LogP contribution < -0.4 is 0 Å². The summed E-state index contributed by atoms with van der Waals surface area (Å²) in [6, 6.07) is 0. The molecule has 3 aliphatic rings. The van der Waals surface area contributed by atoms with Crippen LogP contribution >= 0.6 is 0 Å². The van der Waals surface area contributed by atoms with Crippen LogP contribution in [0.5, 0.6) is 0 Å². The molecule has 3 fully saturated rings. The maximum Gasteiger partial charge on any atom is 0.156 e. The zero-order valence-electron chi connectivity index (χ0n) is 10.3. The van der Waals surface area contributed by atoms with E-state index >= 15 is 0 Å². The van der Waals surface area contributed by atoms with Crippen molar-refractivity contribution in [2.45, 2.75) is 73.9 Å². The van der Waals surface area contributed by atoms with Gasteiger partial charge in [0.2, 0.25) is 0 Å². The lowest BCUT2D eigenvalue weighted by Crippen LogP contribution is -2.52. The molecular weight excluding hydrogens is 236 g/mol. The quantitative estimate of drug-likeness (QED) is 0.824. The van der Waals surface area contributed by atoms with Crippen LogP contribution in [-0.2, 0) is 9.84 Å². The van der Waals surface area contributed by atoms with Gasteiger partial charge >= 0.3 is 0 Å². The second-order valence-electron chi connectivity index (χ2n) is 6.40. The summed E-state index contributed by atoms with van der Waals surface area (Å²) in [5.41, 5.74) is -0.674. The summed E-state index contributed by atoms with van der Waals surface area (Å²) >= 11 is 0. The Hall–Kier alpha value is -0.0900. The van der Waals surface area contributed by atoms with E-state index in [0.717, 1.165) is 25.7 Å². The fraction of sp³-hybridized carbons (Fsp3) is 1.00. The van der Waals surface area contributed by atoms with E-state index in [1.54, 1.807) is 0 Å². The van der Waals surface area contributed by atoms with Crippen LogP contribution in [0.1, 0.15) is 57.8 Å². The van der Waals surface area contributed by atoms with Gasteiger partial charge in [-0.2, -0.15) is 0 Å². The van der Waals surface area contributed by atoms with Crippen LogP contribution in [0, 0.1) is 5.92 Å². The fourth-order valence-electron chi connectivity index (χ4n) is 3.94. The number of aliphatic hydroxyl groups is 1. The third-order valence-corrected chi connectivity index (χ3v) is 7.75. The van der Waals surface area contributed by atoms with Crippen LogP contribution in [0.2, 0.25) is 0 Å². The van der Waals surface area contributed by atoms with Crippen molar-refractivity contribution in [3.05, 3.63) is 0 Å². The van der Waals surface area contributed by atoms with Crippen molar-refractivity contribution >= 4 is 9.84 Å². The molecule has 2 aliphatic heterocycles. The smallest absolute Gasteiger partial charge is 0.156 e. The minimum absolute atomic E-state index is 0.250. The SMILES string of the molecule is O=S1(=O)C2CCCC1CC(O)(CC1CCC1)C2. The topological polar surface area (TPSA) is 54.4 Å². The molecule has 2 heterocycles.